The molecule has 0 aliphatic heterocycles. The van der Waals surface area contributed by atoms with Crippen LogP contribution in [0.3, 0.4) is 0 Å². The molecule has 0 fully saturated rings. The molecule has 0 aromatic carbocycles. The van der Waals surface area contributed by atoms with Crippen LogP contribution in [-0.2, 0) is 26.6 Å². The summed E-state index contributed by atoms with van der Waals surface area (Å²) < 4.78 is 3.71. The van der Waals surface area contributed by atoms with Crippen LogP contribution >= 0.6 is 0 Å². The number of rotatable bonds is 7. The van der Waals surface area contributed by atoms with Gasteiger partial charge < -0.3 is 5.32 Å². The third kappa shape index (κ3) is 4.48. The first-order valence-corrected chi connectivity index (χ1v) is 6.70. The highest BCUT2D eigenvalue weighted by molar-refractivity contribution is 5.03. The van der Waals surface area contributed by atoms with Crippen LogP contribution in [0.15, 0.2) is 18.6 Å². The maximum absolute atomic E-state index is 4.16. The third-order valence-electron chi connectivity index (χ3n) is 2.83. The van der Waals surface area contributed by atoms with Gasteiger partial charge >= 0.3 is 0 Å². The molecule has 0 bridgehead atoms. The Balaban J connectivity index is 1.77. The molecule has 19 heavy (non-hydrogen) atoms. The fourth-order valence-corrected chi connectivity index (χ4v) is 1.86. The molecular formula is C13H22N6. The number of nitrogens with zero attached hydrogens (tertiary/aromatic N) is 5. The lowest BCUT2D eigenvalue weighted by Gasteiger charge is -2.04. The normalized spacial score (nSPS) is 11.4. The minimum absolute atomic E-state index is 0.653. The van der Waals surface area contributed by atoms with Gasteiger partial charge in [0.25, 0.3) is 0 Å². The SMILES string of the molecule is CC(C)CNCc1cn(CCc2cnn(C)c2)nn1. The van der Waals surface area contributed by atoms with Crippen molar-refractivity contribution in [1.82, 2.24) is 30.1 Å². The maximum atomic E-state index is 4.16. The summed E-state index contributed by atoms with van der Waals surface area (Å²) in [5.74, 6) is 0.653. The van der Waals surface area contributed by atoms with Crippen LogP contribution in [0.1, 0.15) is 25.1 Å². The first-order chi connectivity index (χ1) is 9.13. The molecule has 1 N–H and O–H groups in total. The summed E-state index contributed by atoms with van der Waals surface area (Å²) in [6, 6.07) is 0. The van der Waals surface area contributed by atoms with Crippen molar-refractivity contribution in [2.24, 2.45) is 13.0 Å². The Kier molecular flexibility index (Phi) is 4.68. The summed E-state index contributed by atoms with van der Waals surface area (Å²) in [6.45, 7) is 7.01. The van der Waals surface area contributed by atoms with Crippen molar-refractivity contribution in [3.05, 3.63) is 29.8 Å². The van der Waals surface area contributed by atoms with E-state index in [1.54, 1.807) is 0 Å². The van der Waals surface area contributed by atoms with E-state index in [0.29, 0.717) is 5.92 Å². The first kappa shape index (κ1) is 13.7. The van der Waals surface area contributed by atoms with Gasteiger partial charge in [-0.15, -0.1) is 5.10 Å². The Labute approximate surface area is 113 Å². The zero-order valence-corrected chi connectivity index (χ0v) is 11.9. The largest absolute Gasteiger partial charge is 0.311 e. The van der Waals surface area contributed by atoms with Crippen LogP contribution in [-0.4, -0.2) is 31.3 Å². The highest BCUT2D eigenvalue weighted by Gasteiger charge is 2.02. The summed E-state index contributed by atoms with van der Waals surface area (Å²) in [4.78, 5) is 0. The van der Waals surface area contributed by atoms with E-state index in [1.165, 1.54) is 5.56 Å². The Morgan fingerprint density at radius 1 is 1.32 bits per heavy atom. The molecule has 0 atom stereocenters. The second kappa shape index (κ2) is 6.47. The Bertz CT molecular complexity index is 499. The minimum atomic E-state index is 0.653. The standard InChI is InChI=1S/C13H22N6/c1-11(2)6-14-8-13-10-19(17-16-13)5-4-12-7-15-18(3)9-12/h7,9-11,14H,4-6,8H2,1-3H3. The summed E-state index contributed by atoms with van der Waals surface area (Å²) in [7, 11) is 1.93. The average molecular weight is 262 g/mol. The van der Waals surface area contributed by atoms with Gasteiger partial charge in [0.05, 0.1) is 11.9 Å². The monoisotopic (exact) mass is 262 g/mol. The van der Waals surface area contributed by atoms with E-state index in [2.05, 4.69) is 34.6 Å². The number of hydrogen-bond donors (Lipinski definition) is 1. The molecule has 0 spiro atoms. The molecule has 0 aliphatic carbocycles. The predicted octanol–water partition coefficient (Wildman–Crippen LogP) is 1.000. The van der Waals surface area contributed by atoms with Gasteiger partial charge in [-0.25, -0.2) is 0 Å². The van der Waals surface area contributed by atoms with E-state index in [0.717, 1.165) is 31.7 Å². The van der Waals surface area contributed by atoms with Crippen molar-refractivity contribution in [2.75, 3.05) is 6.54 Å². The zero-order valence-electron chi connectivity index (χ0n) is 11.9. The van der Waals surface area contributed by atoms with Crippen molar-refractivity contribution < 1.29 is 0 Å². The quantitative estimate of drug-likeness (QED) is 0.808. The molecule has 104 valence electrons. The lowest BCUT2D eigenvalue weighted by molar-refractivity contribution is 0.547. The topological polar surface area (TPSA) is 60.6 Å². The summed E-state index contributed by atoms with van der Waals surface area (Å²) in [5.41, 5.74) is 2.21. The van der Waals surface area contributed by atoms with Crippen molar-refractivity contribution in [1.29, 1.82) is 0 Å². The fraction of sp³-hybridized carbons (Fsp3) is 0.615. The second-order valence-corrected chi connectivity index (χ2v) is 5.27. The molecule has 0 unspecified atom stereocenters. The molecule has 0 aliphatic rings. The number of nitrogens with one attached hydrogen (secondary N) is 1. The van der Waals surface area contributed by atoms with Crippen LogP contribution in [0.4, 0.5) is 0 Å². The van der Waals surface area contributed by atoms with Gasteiger partial charge in [0.2, 0.25) is 0 Å². The van der Waals surface area contributed by atoms with E-state index in [4.69, 9.17) is 0 Å². The number of aromatic nitrogens is 5. The van der Waals surface area contributed by atoms with Crippen LogP contribution in [0, 0.1) is 5.92 Å². The van der Waals surface area contributed by atoms with Gasteiger partial charge in [0, 0.05) is 32.5 Å². The zero-order chi connectivity index (χ0) is 13.7. The molecular weight excluding hydrogens is 240 g/mol. The van der Waals surface area contributed by atoms with Crippen LogP contribution in [0.25, 0.3) is 0 Å². The van der Waals surface area contributed by atoms with E-state index < -0.39 is 0 Å². The highest BCUT2D eigenvalue weighted by atomic mass is 15.4. The van der Waals surface area contributed by atoms with Gasteiger partial charge in [-0.1, -0.05) is 19.1 Å². The lowest BCUT2D eigenvalue weighted by Crippen LogP contribution is -2.19. The van der Waals surface area contributed by atoms with Gasteiger partial charge in [-0.2, -0.15) is 5.10 Å². The Morgan fingerprint density at radius 2 is 2.16 bits per heavy atom. The van der Waals surface area contributed by atoms with Crippen molar-refractivity contribution in [3.8, 4) is 0 Å². The molecule has 2 aromatic heterocycles. The molecule has 0 radical (unpaired) electrons. The Morgan fingerprint density at radius 3 is 2.84 bits per heavy atom. The number of hydrogen-bond acceptors (Lipinski definition) is 4. The first-order valence-electron chi connectivity index (χ1n) is 6.70. The molecule has 2 rings (SSSR count). The van der Waals surface area contributed by atoms with Crippen LogP contribution < -0.4 is 5.32 Å². The molecule has 0 saturated carbocycles. The van der Waals surface area contributed by atoms with E-state index >= 15 is 0 Å². The summed E-state index contributed by atoms with van der Waals surface area (Å²) in [5, 5.41) is 15.8. The smallest absolute Gasteiger partial charge is 0.0964 e. The van der Waals surface area contributed by atoms with E-state index in [1.807, 2.05) is 35.0 Å². The number of aryl methyl sites for hydroxylation is 3. The molecule has 2 aromatic rings. The van der Waals surface area contributed by atoms with Crippen molar-refractivity contribution in [2.45, 2.75) is 33.4 Å². The third-order valence-corrected chi connectivity index (χ3v) is 2.83. The van der Waals surface area contributed by atoms with Crippen LogP contribution in [0.5, 0.6) is 0 Å². The van der Waals surface area contributed by atoms with Gasteiger partial charge in [-0.05, 0) is 24.4 Å². The highest BCUT2D eigenvalue weighted by Crippen LogP contribution is 2.01. The molecule has 2 heterocycles. The molecule has 6 heteroatoms. The molecule has 0 amide bonds. The minimum Gasteiger partial charge on any atom is -0.311 e. The van der Waals surface area contributed by atoms with Gasteiger partial charge in [0.15, 0.2) is 0 Å². The Hall–Kier alpha value is -1.69. The lowest BCUT2D eigenvalue weighted by atomic mass is 10.2. The fourth-order valence-electron chi connectivity index (χ4n) is 1.86. The van der Waals surface area contributed by atoms with Crippen LogP contribution in [0.2, 0.25) is 0 Å². The summed E-state index contributed by atoms with van der Waals surface area (Å²) >= 11 is 0. The second-order valence-electron chi connectivity index (χ2n) is 5.27. The van der Waals surface area contributed by atoms with Crippen molar-refractivity contribution >= 4 is 0 Å². The molecule has 0 saturated heterocycles. The maximum Gasteiger partial charge on any atom is 0.0964 e. The summed E-state index contributed by atoms with van der Waals surface area (Å²) in [6.07, 6.45) is 6.85. The van der Waals surface area contributed by atoms with Gasteiger partial charge in [-0.3, -0.25) is 9.36 Å². The predicted molar refractivity (Wildman–Crippen MR) is 73.5 cm³/mol. The van der Waals surface area contributed by atoms with Crippen molar-refractivity contribution in [3.63, 3.8) is 0 Å². The van der Waals surface area contributed by atoms with E-state index in [9.17, 15) is 0 Å². The average Bonchev–Trinajstić information content (AvgIpc) is 2.95. The van der Waals surface area contributed by atoms with Gasteiger partial charge in [0.1, 0.15) is 0 Å². The molecule has 6 nitrogen and oxygen atoms in total. The van der Waals surface area contributed by atoms with E-state index in [-0.39, 0.29) is 0 Å².